The van der Waals surface area contributed by atoms with Crippen molar-refractivity contribution in [2.24, 2.45) is 0 Å². The molecule has 0 fully saturated rings. The Kier molecular flexibility index (Phi) is 4.10. The van der Waals surface area contributed by atoms with E-state index in [1.807, 2.05) is 12.1 Å². The summed E-state index contributed by atoms with van der Waals surface area (Å²) < 4.78 is 13.3. The Morgan fingerprint density at radius 1 is 1.11 bits per heavy atom. The van der Waals surface area contributed by atoms with Crippen LogP contribution in [0.2, 0.25) is 0 Å². The molecule has 0 aliphatic heterocycles. The number of hydrogen-bond acceptors (Lipinski definition) is 1. The summed E-state index contributed by atoms with van der Waals surface area (Å²) in [6.07, 6.45) is 1.65. The normalized spacial score (nSPS) is 12.2. The highest BCUT2D eigenvalue weighted by molar-refractivity contribution is 5.79. The third-order valence-corrected chi connectivity index (χ3v) is 3.55. The summed E-state index contributed by atoms with van der Waals surface area (Å²) in [6.45, 7) is 4.35. The molecule has 0 radical (unpaired) electrons. The highest BCUT2D eigenvalue weighted by Gasteiger charge is 2.06. The summed E-state index contributed by atoms with van der Waals surface area (Å²) in [6, 6.07) is 12.8. The molecule has 0 saturated carbocycles. The molecule has 0 aliphatic carbocycles. The molecule has 98 valence electrons. The lowest BCUT2D eigenvalue weighted by Gasteiger charge is -2.10. The van der Waals surface area contributed by atoms with Crippen molar-refractivity contribution in [3.8, 4) is 11.1 Å². The predicted octanol–water partition coefficient (Wildman–Crippen LogP) is 4.82. The Morgan fingerprint density at radius 3 is 2.32 bits per heavy atom. The quantitative estimate of drug-likeness (QED) is 0.717. The zero-order valence-electron chi connectivity index (χ0n) is 11.2. The van der Waals surface area contributed by atoms with Gasteiger partial charge in [-0.3, -0.25) is 4.79 Å². The highest BCUT2D eigenvalue weighted by Crippen LogP contribution is 2.25. The van der Waals surface area contributed by atoms with Crippen molar-refractivity contribution < 1.29 is 9.18 Å². The summed E-state index contributed by atoms with van der Waals surface area (Å²) in [5.74, 6) is 0.0581. The van der Waals surface area contributed by atoms with Gasteiger partial charge in [0.2, 0.25) is 0 Å². The van der Waals surface area contributed by atoms with Crippen molar-refractivity contribution in [1.82, 2.24) is 0 Å². The first-order valence-corrected chi connectivity index (χ1v) is 6.50. The monoisotopic (exact) mass is 256 g/mol. The molecule has 0 N–H and O–H groups in total. The highest BCUT2D eigenvalue weighted by atomic mass is 19.1. The fourth-order valence-electron chi connectivity index (χ4n) is 2.05. The molecule has 1 atom stereocenters. The maximum Gasteiger partial charge on any atom is 0.153 e. The second kappa shape index (κ2) is 5.79. The van der Waals surface area contributed by atoms with Gasteiger partial charge in [-0.05, 0) is 41.2 Å². The van der Waals surface area contributed by atoms with E-state index < -0.39 is 5.82 Å². The fourth-order valence-corrected chi connectivity index (χ4v) is 2.05. The molecular weight excluding hydrogens is 239 g/mol. The zero-order valence-corrected chi connectivity index (χ0v) is 11.2. The van der Waals surface area contributed by atoms with E-state index in [1.54, 1.807) is 12.1 Å². The molecule has 0 spiro atoms. The third kappa shape index (κ3) is 2.90. The Morgan fingerprint density at radius 2 is 1.74 bits per heavy atom. The first-order valence-electron chi connectivity index (χ1n) is 6.50. The van der Waals surface area contributed by atoms with Crippen LogP contribution in [0.25, 0.3) is 11.1 Å². The van der Waals surface area contributed by atoms with E-state index in [2.05, 4.69) is 26.0 Å². The minimum absolute atomic E-state index is 0.100. The van der Waals surface area contributed by atoms with Crippen LogP contribution in [0.1, 0.15) is 42.1 Å². The van der Waals surface area contributed by atoms with Gasteiger partial charge in [0.05, 0.1) is 5.56 Å². The van der Waals surface area contributed by atoms with Gasteiger partial charge in [0.25, 0.3) is 0 Å². The molecule has 0 bridgehead atoms. The maximum atomic E-state index is 13.3. The Bertz CT molecular complexity index is 572. The molecule has 1 unspecified atom stereocenters. The molecular formula is C17H17FO. The van der Waals surface area contributed by atoms with Crippen LogP contribution in [0.15, 0.2) is 42.5 Å². The van der Waals surface area contributed by atoms with Crippen LogP contribution in [0.3, 0.4) is 0 Å². The molecule has 19 heavy (non-hydrogen) atoms. The average molecular weight is 256 g/mol. The van der Waals surface area contributed by atoms with Crippen molar-refractivity contribution >= 4 is 6.29 Å². The number of halogens is 1. The van der Waals surface area contributed by atoms with Crippen molar-refractivity contribution in [3.05, 3.63) is 59.4 Å². The van der Waals surface area contributed by atoms with Gasteiger partial charge in [-0.1, -0.05) is 44.2 Å². The van der Waals surface area contributed by atoms with Crippen LogP contribution < -0.4 is 0 Å². The largest absolute Gasteiger partial charge is 0.298 e. The molecule has 2 aromatic rings. The van der Waals surface area contributed by atoms with Gasteiger partial charge in [0.15, 0.2) is 6.29 Å². The van der Waals surface area contributed by atoms with E-state index in [-0.39, 0.29) is 5.56 Å². The lowest BCUT2D eigenvalue weighted by atomic mass is 9.95. The van der Waals surface area contributed by atoms with Gasteiger partial charge in [-0.25, -0.2) is 4.39 Å². The van der Waals surface area contributed by atoms with Crippen molar-refractivity contribution in [2.45, 2.75) is 26.2 Å². The van der Waals surface area contributed by atoms with Gasteiger partial charge >= 0.3 is 0 Å². The first kappa shape index (κ1) is 13.5. The minimum Gasteiger partial charge on any atom is -0.298 e. The van der Waals surface area contributed by atoms with E-state index in [1.165, 1.54) is 11.6 Å². The molecule has 0 amide bonds. The number of hydrogen-bond donors (Lipinski definition) is 0. The summed E-state index contributed by atoms with van der Waals surface area (Å²) in [5.41, 5.74) is 3.25. The first-order chi connectivity index (χ1) is 9.15. The third-order valence-electron chi connectivity index (χ3n) is 3.55. The number of benzene rings is 2. The molecule has 0 saturated heterocycles. The van der Waals surface area contributed by atoms with Crippen LogP contribution in [0.5, 0.6) is 0 Å². The molecule has 2 aromatic carbocycles. The molecule has 2 heteroatoms. The van der Waals surface area contributed by atoms with E-state index >= 15 is 0 Å². The van der Waals surface area contributed by atoms with Crippen molar-refractivity contribution in [3.63, 3.8) is 0 Å². The van der Waals surface area contributed by atoms with Crippen LogP contribution in [-0.2, 0) is 0 Å². The summed E-state index contributed by atoms with van der Waals surface area (Å²) in [4.78, 5) is 10.8. The molecule has 1 nitrogen and oxygen atoms in total. The standard InChI is InChI=1S/C17H17FO/c1-3-12(2)13-4-6-14(7-5-13)15-8-9-17(18)16(10-15)11-19/h4-12H,3H2,1-2H3. The van der Waals surface area contributed by atoms with Crippen LogP contribution >= 0.6 is 0 Å². The summed E-state index contributed by atoms with van der Waals surface area (Å²) >= 11 is 0. The smallest absolute Gasteiger partial charge is 0.153 e. The van der Waals surface area contributed by atoms with Gasteiger partial charge in [0.1, 0.15) is 5.82 Å². The van der Waals surface area contributed by atoms with Gasteiger partial charge in [-0.15, -0.1) is 0 Å². The minimum atomic E-state index is -0.477. The number of rotatable bonds is 4. The van der Waals surface area contributed by atoms with E-state index in [0.717, 1.165) is 17.5 Å². The van der Waals surface area contributed by atoms with Crippen molar-refractivity contribution in [2.75, 3.05) is 0 Å². The lowest BCUT2D eigenvalue weighted by molar-refractivity contribution is 0.112. The SMILES string of the molecule is CCC(C)c1ccc(-c2ccc(F)c(C=O)c2)cc1. The Labute approximate surface area is 113 Å². The topological polar surface area (TPSA) is 17.1 Å². The van der Waals surface area contributed by atoms with E-state index in [9.17, 15) is 9.18 Å². The molecule has 2 rings (SSSR count). The summed E-state index contributed by atoms with van der Waals surface area (Å²) in [5, 5.41) is 0. The number of carbonyl (C=O) groups is 1. The number of carbonyl (C=O) groups excluding carboxylic acids is 1. The number of aldehydes is 1. The predicted molar refractivity (Wildman–Crippen MR) is 75.9 cm³/mol. The maximum absolute atomic E-state index is 13.3. The van der Waals surface area contributed by atoms with E-state index in [4.69, 9.17) is 0 Å². The van der Waals surface area contributed by atoms with Crippen LogP contribution in [0.4, 0.5) is 4.39 Å². The van der Waals surface area contributed by atoms with Gasteiger partial charge in [0, 0.05) is 0 Å². The zero-order chi connectivity index (χ0) is 13.8. The van der Waals surface area contributed by atoms with Gasteiger partial charge < -0.3 is 0 Å². The van der Waals surface area contributed by atoms with Gasteiger partial charge in [-0.2, -0.15) is 0 Å². The van der Waals surface area contributed by atoms with E-state index in [0.29, 0.717) is 12.2 Å². The van der Waals surface area contributed by atoms with Crippen LogP contribution in [-0.4, -0.2) is 6.29 Å². The summed E-state index contributed by atoms with van der Waals surface area (Å²) in [7, 11) is 0. The fraction of sp³-hybridized carbons (Fsp3) is 0.235. The lowest BCUT2D eigenvalue weighted by Crippen LogP contribution is -1.92. The molecule has 0 heterocycles. The van der Waals surface area contributed by atoms with Crippen LogP contribution in [0, 0.1) is 5.82 Å². The molecule has 0 aliphatic rings. The average Bonchev–Trinajstić information content (AvgIpc) is 2.47. The Hall–Kier alpha value is -1.96. The Balaban J connectivity index is 2.34. The second-order valence-electron chi connectivity index (χ2n) is 4.79. The molecule has 0 aromatic heterocycles. The van der Waals surface area contributed by atoms with Crippen molar-refractivity contribution in [1.29, 1.82) is 0 Å². The second-order valence-corrected chi connectivity index (χ2v) is 4.79.